The topological polar surface area (TPSA) is 157 Å². The molecule has 3 unspecified atom stereocenters. The molecule has 0 radical (unpaired) electrons. The number of aromatic nitrogens is 6. The van der Waals surface area contributed by atoms with Gasteiger partial charge in [0.1, 0.15) is 12.9 Å². The number of carbonyl (C=O) groups excluding carboxylic acids is 2. The third-order valence-electron chi connectivity index (χ3n) is 12.7. The largest absolute Gasteiger partial charge is 0.504 e. The summed E-state index contributed by atoms with van der Waals surface area (Å²) in [6.07, 6.45) is 4.46. The summed E-state index contributed by atoms with van der Waals surface area (Å²) in [5.41, 5.74) is 1.42. The van der Waals surface area contributed by atoms with Crippen molar-refractivity contribution in [3.63, 3.8) is 0 Å². The number of amides is 2. The molecule has 54 heavy (non-hydrogen) atoms. The lowest BCUT2D eigenvalue weighted by atomic mass is 9.56. The first kappa shape index (κ1) is 34.6. The van der Waals surface area contributed by atoms with E-state index in [2.05, 4.69) is 21.4 Å². The van der Waals surface area contributed by atoms with Crippen molar-refractivity contribution in [3.8, 4) is 5.75 Å². The third-order valence-corrected chi connectivity index (χ3v) is 12.7. The Hall–Kier alpha value is -5.12. The highest BCUT2D eigenvalue weighted by molar-refractivity contribution is 5.95. The van der Waals surface area contributed by atoms with Crippen LogP contribution in [0, 0.1) is 25.2 Å². The van der Waals surface area contributed by atoms with E-state index >= 15 is 0 Å². The summed E-state index contributed by atoms with van der Waals surface area (Å²) in [4.78, 5) is 57.0. The molecule has 2 saturated heterocycles. The molecular formula is C38H39F3N8O5. The summed E-state index contributed by atoms with van der Waals surface area (Å²) in [5.74, 6) is -0.498. The second-order valence-corrected chi connectivity index (χ2v) is 15.7. The lowest BCUT2D eigenvalue weighted by molar-refractivity contribution is -0.137. The van der Waals surface area contributed by atoms with Gasteiger partial charge in [-0.05, 0) is 100 Å². The fourth-order valence-corrected chi connectivity index (χ4v) is 9.55. The molecule has 3 fully saturated rings. The minimum Gasteiger partial charge on any atom is -0.504 e. The second-order valence-electron chi connectivity index (χ2n) is 15.7. The Morgan fingerprint density at radius 3 is 2.57 bits per heavy atom. The Morgan fingerprint density at radius 1 is 1.09 bits per heavy atom. The average Bonchev–Trinajstić information content (AvgIpc) is 3.72. The van der Waals surface area contributed by atoms with E-state index in [9.17, 15) is 32.7 Å². The number of likely N-dealkylation sites (tertiary alicyclic amines) is 1. The molecular weight excluding hydrogens is 705 g/mol. The van der Waals surface area contributed by atoms with E-state index in [0.29, 0.717) is 61.8 Å². The van der Waals surface area contributed by atoms with E-state index in [-0.39, 0.29) is 63.9 Å². The maximum atomic E-state index is 14.7. The van der Waals surface area contributed by atoms with Gasteiger partial charge in [0.15, 0.2) is 17.3 Å². The van der Waals surface area contributed by atoms with Crippen molar-refractivity contribution in [1.82, 2.24) is 34.0 Å². The standard InChI is InChI=1S/C38H39F3N8O5/c1-20-15-23(38(39,40)41)3-5-25(20)44-28(50)16-48-27-9-12-37(13-14-47(26-6-4-24(26)37)34(53)30-31(51)21(2)42-19-43-30)29(27)33(52)49-35(48)45-32(46-49)22-7-10-36(11-8-22)17-54-18-36/h3,5,7,15,19,24,26,51H,4,6,8-14,16-18H2,1-2H3,(H,44,50). The first-order valence-electron chi connectivity index (χ1n) is 18.4. The number of fused-ring (bicyclic) bond motifs is 5. The number of piperidine rings is 1. The molecule has 282 valence electrons. The van der Waals surface area contributed by atoms with Crippen LogP contribution < -0.4 is 10.9 Å². The SMILES string of the molecule is Cc1cc(C(F)(F)F)ccc1NC(=O)Cn1c2c(c(=O)n3nc(C4=CCC5(CC4)COC5)nc13)C1(CC2)CCN(C(=O)c2ncnc(C)c2O)C2CCC21. The third kappa shape index (κ3) is 5.27. The molecule has 2 amide bonds. The normalized spacial score (nSPS) is 24.2. The molecule has 4 aromatic rings. The number of ether oxygens (including phenoxy) is 1. The summed E-state index contributed by atoms with van der Waals surface area (Å²) in [6.45, 7) is 4.64. The van der Waals surface area contributed by atoms with Gasteiger partial charge in [-0.1, -0.05) is 6.08 Å². The number of nitrogens with zero attached hydrogens (tertiary/aromatic N) is 7. The molecule has 3 aliphatic carbocycles. The van der Waals surface area contributed by atoms with Gasteiger partial charge in [-0.2, -0.15) is 22.7 Å². The summed E-state index contributed by atoms with van der Waals surface area (Å²) in [6, 6.07) is 3.00. The zero-order chi connectivity index (χ0) is 37.7. The zero-order valence-electron chi connectivity index (χ0n) is 29.9. The van der Waals surface area contributed by atoms with Crippen LogP contribution in [-0.2, 0) is 34.1 Å². The highest BCUT2D eigenvalue weighted by Crippen LogP contribution is 2.57. The molecule has 3 aromatic heterocycles. The number of hydrogen-bond donors (Lipinski definition) is 2. The Kier molecular flexibility index (Phi) is 7.82. The van der Waals surface area contributed by atoms with Gasteiger partial charge in [-0.25, -0.2) is 9.97 Å². The lowest BCUT2D eigenvalue weighted by Gasteiger charge is -2.57. The number of alkyl halides is 3. The minimum absolute atomic E-state index is 0.0443. The van der Waals surface area contributed by atoms with Gasteiger partial charge in [0, 0.05) is 40.4 Å². The predicted octanol–water partition coefficient (Wildman–Crippen LogP) is 4.75. The lowest BCUT2D eigenvalue weighted by Crippen LogP contribution is -2.63. The van der Waals surface area contributed by atoms with Crippen LogP contribution in [0.2, 0.25) is 0 Å². The number of rotatable bonds is 5. The zero-order valence-corrected chi connectivity index (χ0v) is 29.9. The van der Waals surface area contributed by atoms with Gasteiger partial charge in [0.2, 0.25) is 11.7 Å². The van der Waals surface area contributed by atoms with Gasteiger partial charge in [0.05, 0.1) is 24.5 Å². The van der Waals surface area contributed by atoms with Crippen molar-refractivity contribution in [1.29, 1.82) is 0 Å². The number of halogens is 3. The van der Waals surface area contributed by atoms with Gasteiger partial charge in [0.25, 0.3) is 11.5 Å². The van der Waals surface area contributed by atoms with Crippen LogP contribution in [0.4, 0.5) is 18.9 Å². The molecule has 1 aromatic carbocycles. The van der Waals surface area contributed by atoms with Crippen molar-refractivity contribution >= 4 is 28.9 Å². The molecule has 5 heterocycles. The fourth-order valence-electron chi connectivity index (χ4n) is 9.55. The van der Waals surface area contributed by atoms with Crippen LogP contribution in [0.15, 0.2) is 35.4 Å². The summed E-state index contributed by atoms with van der Waals surface area (Å²) in [7, 11) is 0. The maximum Gasteiger partial charge on any atom is 0.416 e. The molecule has 5 aliphatic rings. The minimum atomic E-state index is -4.52. The summed E-state index contributed by atoms with van der Waals surface area (Å²) in [5, 5.41) is 18.2. The fraction of sp³-hybridized carbons (Fsp3) is 0.500. The van der Waals surface area contributed by atoms with Crippen LogP contribution in [0.1, 0.15) is 89.3 Å². The highest BCUT2D eigenvalue weighted by atomic mass is 19.4. The highest BCUT2D eigenvalue weighted by Gasteiger charge is 2.59. The number of benzene rings is 1. The Labute approximate surface area is 307 Å². The number of aryl methyl sites for hydroxylation is 2. The molecule has 9 rings (SSSR count). The van der Waals surface area contributed by atoms with E-state index in [1.807, 2.05) is 0 Å². The molecule has 0 bridgehead atoms. The first-order valence-corrected chi connectivity index (χ1v) is 18.4. The van der Waals surface area contributed by atoms with Crippen LogP contribution in [0.3, 0.4) is 0 Å². The van der Waals surface area contributed by atoms with E-state index in [4.69, 9.17) is 14.8 Å². The number of allylic oxidation sites excluding steroid dienone is 2. The molecule has 16 heteroatoms. The Balaban J connectivity index is 1.09. The van der Waals surface area contributed by atoms with Gasteiger partial charge in [-0.3, -0.25) is 14.4 Å². The van der Waals surface area contributed by atoms with E-state index in [1.54, 1.807) is 16.4 Å². The van der Waals surface area contributed by atoms with Crippen molar-refractivity contribution in [2.75, 3.05) is 25.1 Å². The quantitative estimate of drug-likeness (QED) is 0.294. The van der Waals surface area contributed by atoms with Crippen molar-refractivity contribution in [3.05, 3.63) is 80.6 Å². The molecule has 2 N–H and O–H groups in total. The predicted molar refractivity (Wildman–Crippen MR) is 188 cm³/mol. The van der Waals surface area contributed by atoms with E-state index < -0.39 is 23.1 Å². The monoisotopic (exact) mass is 744 g/mol. The average molecular weight is 745 g/mol. The number of anilines is 1. The van der Waals surface area contributed by atoms with Crippen LogP contribution in [-0.4, -0.2) is 76.8 Å². The Bertz CT molecular complexity index is 2350. The van der Waals surface area contributed by atoms with Gasteiger partial charge in [-0.15, -0.1) is 5.10 Å². The smallest absolute Gasteiger partial charge is 0.416 e. The number of hydrogen-bond acceptors (Lipinski definition) is 9. The number of aromatic hydroxyl groups is 1. The first-order chi connectivity index (χ1) is 25.8. The van der Waals surface area contributed by atoms with Crippen molar-refractivity contribution in [2.45, 2.75) is 89.4 Å². The second kappa shape index (κ2) is 12.2. The van der Waals surface area contributed by atoms with Crippen LogP contribution in [0.25, 0.3) is 11.4 Å². The molecule has 2 aliphatic heterocycles. The van der Waals surface area contributed by atoms with Crippen molar-refractivity contribution in [2.24, 2.45) is 11.3 Å². The number of carbonyl (C=O) groups is 2. The van der Waals surface area contributed by atoms with E-state index in [1.165, 1.54) is 23.8 Å². The summed E-state index contributed by atoms with van der Waals surface area (Å²) < 4.78 is 48.6. The van der Waals surface area contributed by atoms with Gasteiger partial charge >= 0.3 is 6.18 Å². The molecule has 3 atom stereocenters. The molecule has 1 saturated carbocycles. The Morgan fingerprint density at radius 2 is 1.91 bits per heavy atom. The van der Waals surface area contributed by atoms with Crippen molar-refractivity contribution < 1.29 is 32.6 Å². The van der Waals surface area contributed by atoms with Crippen LogP contribution in [0.5, 0.6) is 5.75 Å². The van der Waals surface area contributed by atoms with Crippen LogP contribution >= 0.6 is 0 Å². The van der Waals surface area contributed by atoms with E-state index in [0.717, 1.165) is 49.8 Å². The van der Waals surface area contributed by atoms with Gasteiger partial charge < -0.3 is 24.6 Å². The maximum absolute atomic E-state index is 14.7. The molecule has 13 nitrogen and oxygen atoms in total. The number of nitrogens with one attached hydrogen (secondary N) is 1. The molecule has 2 spiro atoms. The summed E-state index contributed by atoms with van der Waals surface area (Å²) >= 11 is 0.